The molecule has 0 atom stereocenters. The number of aliphatic hydroxyl groups is 1. The van der Waals surface area contributed by atoms with E-state index in [9.17, 15) is 9.90 Å². The molecule has 2 N–H and O–H groups in total. The standard InChI is InChI=1S/C16H22BrNO2S/c1-12-6-8-16(11-19,9-7-12)18-15(20)10-21-14-4-2-13(17)3-5-14/h2-5,12,19H,6-11H2,1H3,(H,18,20). The zero-order valence-electron chi connectivity index (χ0n) is 12.3. The van der Waals surface area contributed by atoms with Crippen LogP contribution in [0.4, 0.5) is 0 Å². The molecule has 0 heterocycles. The molecule has 3 nitrogen and oxygen atoms in total. The fourth-order valence-corrected chi connectivity index (χ4v) is 3.61. The summed E-state index contributed by atoms with van der Waals surface area (Å²) in [7, 11) is 0. The first-order valence-electron chi connectivity index (χ1n) is 7.33. The summed E-state index contributed by atoms with van der Waals surface area (Å²) in [6.45, 7) is 2.26. The third-order valence-electron chi connectivity index (χ3n) is 4.12. The average molecular weight is 372 g/mol. The topological polar surface area (TPSA) is 49.3 Å². The van der Waals surface area contributed by atoms with Crippen molar-refractivity contribution < 1.29 is 9.90 Å². The Hall–Kier alpha value is -0.520. The molecule has 0 saturated heterocycles. The zero-order chi connectivity index (χ0) is 15.3. The first-order valence-corrected chi connectivity index (χ1v) is 9.11. The van der Waals surface area contributed by atoms with Gasteiger partial charge in [-0.3, -0.25) is 4.79 Å². The van der Waals surface area contributed by atoms with Crippen molar-refractivity contribution in [3.8, 4) is 0 Å². The van der Waals surface area contributed by atoms with Crippen LogP contribution in [-0.4, -0.2) is 28.9 Å². The lowest BCUT2D eigenvalue weighted by Crippen LogP contribution is -2.53. The average Bonchev–Trinajstić information content (AvgIpc) is 2.49. The first-order chi connectivity index (χ1) is 10.0. The number of aliphatic hydroxyl groups excluding tert-OH is 1. The fraction of sp³-hybridized carbons (Fsp3) is 0.562. The van der Waals surface area contributed by atoms with Crippen molar-refractivity contribution >= 4 is 33.6 Å². The van der Waals surface area contributed by atoms with Crippen LogP contribution in [0.2, 0.25) is 0 Å². The number of thioether (sulfide) groups is 1. The number of hydrogen-bond acceptors (Lipinski definition) is 3. The van der Waals surface area contributed by atoms with Crippen LogP contribution in [0.3, 0.4) is 0 Å². The molecular weight excluding hydrogens is 350 g/mol. The van der Waals surface area contributed by atoms with Gasteiger partial charge in [0.05, 0.1) is 17.9 Å². The normalized spacial score (nSPS) is 25.6. The minimum absolute atomic E-state index is 0.00604. The number of halogens is 1. The highest BCUT2D eigenvalue weighted by Gasteiger charge is 2.34. The van der Waals surface area contributed by atoms with Crippen LogP contribution in [-0.2, 0) is 4.79 Å². The molecule has 2 rings (SSSR count). The molecule has 1 aliphatic carbocycles. The fourth-order valence-electron chi connectivity index (χ4n) is 2.65. The van der Waals surface area contributed by atoms with E-state index in [2.05, 4.69) is 28.2 Å². The lowest BCUT2D eigenvalue weighted by Gasteiger charge is -2.38. The smallest absolute Gasteiger partial charge is 0.230 e. The van der Waals surface area contributed by atoms with Gasteiger partial charge in [0.15, 0.2) is 0 Å². The molecule has 0 unspecified atom stereocenters. The summed E-state index contributed by atoms with van der Waals surface area (Å²) in [4.78, 5) is 13.2. The second kappa shape index (κ2) is 7.65. The van der Waals surface area contributed by atoms with Crippen LogP contribution >= 0.6 is 27.7 Å². The minimum atomic E-state index is -0.399. The van der Waals surface area contributed by atoms with Crippen molar-refractivity contribution in [3.63, 3.8) is 0 Å². The number of nitrogens with one attached hydrogen (secondary N) is 1. The Labute approximate surface area is 139 Å². The van der Waals surface area contributed by atoms with Crippen LogP contribution in [0.25, 0.3) is 0 Å². The van der Waals surface area contributed by atoms with Crippen molar-refractivity contribution in [2.45, 2.75) is 43.0 Å². The van der Waals surface area contributed by atoms with Crippen molar-refractivity contribution in [2.75, 3.05) is 12.4 Å². The van der Waals surface area contributed by atoms with Gasteiger partial charge in [0.2, 0.25) is 5.91 Å². The Balaban J connectivity index is 1.84. The van der Waals surface area contributed by atoms with Crippen LogP contribution in [0.5, 0.6) is 0 Å². The molecule has 1 aromatic carbocycles. The molecule has 21 heavy (non-hydrogen) atoms. The molecule has 1 aromatic rings. The van der Waals surface area contributed by atoms with Gasteiger partial charge < -0.3 is 10.4 Å². The van der Waals surface area contributed by atoms with E-state index in [0.717, 1.165) is 35.1 Å². The van der Waals surface area contributed by atoms with Gasteiger partial charge in [-0.2, -0.15) is 0 Å². The van der Waals surface area contributed by atoms with Crippen LogP contribution in [0.15, 0.2) is 33.6 Å². The number of hydrogen-bond donors (Lipinski definition) is 2. The summed E-state index contributed by atoms with van der Waals surface area (Å²) in [6.07, 6.45) is 3.89. The predicted molar refractivity (Wildman–Crippen MR) is 90.5 cm³/mol. The molecule has 0 radical (unpaired) electrons. The van der Waals surface area contributed by atoms with Gasteiger partial charge in [0.1, 0.15) is 0 Å². The number of rotatable bonds is 5. The van der Waals surface area contributed by atoms with E-state index in [-0.39, 0.29) is 12.5 Å². The van der Waals surface area contributed by atoms with Crippen molar-refractivity contribution in [1.82, 2.24) is 5.32 Å². The third-order valence-corrected chi connectivity index (χ3v) is 5.66. The summed E-state index contributed by atoms with van der Waals surface area (Å²) in [6, 6.07) is 7.92. The maximum atomic E-state index is 12.1. The summed E-state index contributed by atoms with van der Waals surface area (Å²) >= 11 is 4.92. The summed E-state index contributed by atoms with van der Waals surface area (Å²) in [5, 5.41) is 12.7. The second-order valence-corrected chi connectivity index (χ2v) is 7.88. The molecule has 116 valence electrons. The van der Waals surface area contributed by atoms with Crippen molar-refractivity contribution in [2.24, 2.45) is 5.92 Å². The minimum Gasteiger partial charge on any atom is -0.394 e. The second-order valence-electron chi connectivity index (χ2n) is 5.91. The summed E-state index contributed by atoms with van der Waals surface area (Å²) < 4.78 is 1.03. The Morgan fingerprint density at radius 2 is 2.00 bits per heavy atom. The van der Waals surface area contributed by atoms with E-state index in [1.165, 1.54) is 11.8 Å². The SMILES string of the molecule is CC1CCC(CO)(NC(=O)CSc2ccc(Br)cc2)CC1. The summed E-state index contributed by atoms with van der Waals surface area (Å²) in [5.74, 6) is 1.09. The van der Waals surface area contributed by atoms with E-state index in [1.54, 1.807) is 0 Å². The Morgan fingerprint density at radius 3 is 2.57 bits per heavy atom. The van der Waals surface area contributed by atoms with Gasteiger partial charge >= 0.3 is 0 Å². The maximum absolute atomic E-state index is 12.1. The van der Waals surface area contributed by atoms with Gasteiger partial charge in [-0.15, -0.1) is 11.8 Å². The van der Waals surface area contributed by atoms with E-state index in [1.807, 2.05) is 24.3 Å². The van der Waals surface area contributed by atoms with Gasteiger partial charge in [-0.05, 0) is 55.9 Å². The van der Waals surface area contributed by atoms with E-state index in [4.69, 9.17) is 0 Å². The summed E-state index contributed by atoms with van der Waals surface area (Å²) in [5.41, 5.74) is -0.399. The predicted octanol–water partition coefficient (Wildman–Crippen LogP) is 3.60. The van der Waals surface area contributed by atoms with E-state index < -0.39 is 5.54 Å². The molecule has 1 saturated carbocycles. The third kappa shape index (κ3) is 5.01. The molecule has 0 spiro atoms. The van der Waals surface area contributed by atoms with Crippen molar-refractivity contribution in [1.29, 1.82) is 0 Å². The Bertz CT molecular complexity index is 470. The van der Waals surface area contributed by atoms with Crippen molar-refractivity contribution in [3.05, 3.63) is 28.7 Å². The zero-order valence-corrected chi connectivity index (χ0v) is 14.7. The molecule has 5 heteroatoms. The van der Waals surface area contributed by atoms with E-state index >= 15 is 0 Å². The highest BCUT2D eigenvalue weighted by molar-refractivity contribution is 9.10. The van der Waals surface area contributed by atoms with Gasteiger partial charge in [-0.1, -0.05) is 22.9 Å². The molecule has 0 aliphatic heterocycles. The Kier molecular flexibility index (Phi) is 6.14. The number of amides is 1. The quantitative estimate of drug-likeness (QED) is 0.777. The van der Waals surface area contributed by atoms with Gasteiger partial charge in [0.25, 0.3) is 0 Å². The highest BCUT2D eigenvalue weighted by Crippen LogP contribution is 2.31. The van der Waals surface area contributed by atoms with Crippen LogP contribution in [0, 0.1) is 5.92 Å². The molecule has 1 amide bonds. The molecular formula is C16H22BrNO2S. The highest BCUT2D eigenvalue weighted by atomic mass is 79.9. The molecule has 0 bridgehead atoms. The largest absolute Gasteiger partial charge is 0.394 e. The number of carbonyl (C=O) groups excluding carboxylic acids is 1. The molecule has 1 aliphatic rings. The van der Waals surface area contributed by atoms with Crippen LogP contribution in [0.1, 0.15) is 32.6 Å². The lowest BCUT2D eigenvalue weighted by atomic mass is 9.77. The van der Waals surface area contributed by atoms with Crippen LogP contribution < -0.4 is 5.32 Å². The van der Waals surface area contributed by atoms with Gasteiger partial charge in [0, 0.05) is 9.37 Å². The Morgan fingerprint density at radius 1 is 1.38 bits per heavy atom. The molecule has 1 fully saturated rings. The monoisotopic (exact) mass is 371 g/mol. The van der Waals surface area contributed by atoms with E-state index in [0.29, 0.717) is 11.7 Å². The molecule has 0 aromatic heterocycles. The number of carbonyl (C=O) groups is 1. The van der Waals surface area contributed by atoms with Gasteiger partial charge in [-0.25, -0.2) is 0 Å². The first kappa shape index (κ1) is 16.8. The number of benzene rings is 1. The maximum Gasteiger partial charge on any atom is 0.230 e. The lowest BCUT2D eigenvalue weighted by molar-refractivity contribution is -0.121.